The molecule has 0 fully saturated rings. The second kappa shape index (κ2) is 8.68. The first-order valence-electron chi connectivity index (χ1n) is 3.87. The summed E-state index contributed by atoms with van der Waals surface area (Å²) in [5.74, 6) is -0.345. The fraction of sp³-hybridized carbons (Fsp3) is 0.857. The van der Waals surface area contributed by atoms with Crippen LogP contribution in [-0.4, -0.2) is 42.1 Å². The lowest BCUT2D eigenvalue weighted by molar-refractivity contribution is -0.144. The van der Waals surface area contributed by atoms with Crippen LogP contribution < -0.4 is 0 Å². The first-order chi connectivity index (χ1) is 6.16. The van der Waals surface area contributed by atoms with E-state index in [4.69, 9.17) is 14.6 Å². The number of aliphatic hydroxyl groups is 1. The number of thiol groups is 2. The summed E-state index contributed by atoms with van der Waals surface area (Å²) in [6.45, 7) is 0.742. The van der Waals surface area contributed by atoms with Crippen LogP contribution in [0.2, 0.25) is 0 Å². The third kappa shape index (κ3) is 10.0. The van der Waals surface area contributed by atoms with Gasteiger partial charge in [0.05, 0.1) is 30.8 Å². The average Bonchev–Trinajstić information content (AvgIpc) is 2.02. The molecule has 0 aliphatic rings. The number of carbonyl (C=O) groups excluding carboxylic acids is 1. The van der Waals surface area contributed by atoms with E-state index in [-0.39, 0.29) is 36.8 Å². The van der Waals surface area contributed by atoms with Gasteiger partial charge in [0.2, 0.25) is 0 Å². The molecule has 0 saturated carbocycles. The molecule has 0 aromatic heterocycles. The van der Waals surface area contributed by atoms with Crippen molar-refractivity contribution in [1.29, 1.82) is 0 Å². The summed E-state index contributed by atoms with van der Waals surface area (Å²) < 4.78 is 9.34. The Balaban J connectivity index is 3.17. The van der Waals surface area contributed by atoms with Crippen LogP contribution in [0.3, 0.4) is 0 Å². The van der Waals surface area contributed by atoms with Crippen LogP contribution in [0.1, 0.15) is 6.42 Å². The molecule has 0 aliphatic heterocycles. The smallest absolute Gasteiger partial charge is 0.307 e. The molecule has 0 amide bonds. The highest BCUT2D eigenvalue weighted by Gasteiger charge is 2.06. The number of rotatable bonds is 7. The Morgan fingerprint density at radius 3 is 2.54 bits per heavy atom. The lowest BCUT2D eigenvalue weighted by Crippen LogP contribution is -2.13. The third-order valence-corrected chi connectivity index (χ3v) is 1.44. The summed E-state index contributed by atoms with van der Waals surface area (Å²) in [6, 6.07) is 0. The predicted octanol–water partition coefficient (Wildman–Crippen LogP) is 0.114. The van der Waals surface area contributed by atoms with E-state index < -0.39 is 0 Å². The molecule has 78 valence electrons. The Morgan fingerprint density at radius 2 is 2.00 bits per heavy atom. The van der Waals surface area contributed by atoms with Crippen molar-refractivity contribution in [2.75, 3.05) is 26.4 Å². The predicted molar refractivity (Wildman–Crippen MR) is 55.2 cm³/mol. The number of hydrogen-bond acceptors (Lipinski definition) is 6. The molecule has 0 aliphatic carbocycles. The molecule has 0 saturated heterocycles. The minimum atomic E-state index is -0.345. The summed E-state index contributed by atoms with van der Waals surface area (Å²) in [6.07, 6.45) is 0.173. The number of carbonyl (C=O) groups is 1. The average molecular weight is 226 g/mol. The lowest BCUT2D eigenvalue weighted by Gasteiger charge is -2.05. The van der Waals surface area contributed by atoms with E-state index in [1.54, 1.807) is 0 Å². The quantitative estimate of drug-likeness (QED) is 0.250. The molecule has 0 aromatic rings. The van der Waals surface area contributed by atoms with Gasteiger partial charge in [-0.15, -0.1) is 0 Å². The highest BCUT2D eigenvalue weighted by atomic mass is 32.2. The Labute approximate surface area is 88.4 Å². The second-order valence-electron chi connectivity index (χ2n) is 2.24. The van der Waals surface area contributed by atoms with Gasteiger partial charge in [0.15, 0.2) is 0 Å². The van der Waals surface area contributed by atoms with Gasteiger partial charge >= 0.3 is 5.97 Å². The van der Waals surface area contributed by atoms with Gasteiger partial charge < -0.3 is 14.6 Å². The first kappa shape index (κ1) is 13.1. The summed E-state index contributed by atoms with van der Waals surface area (Å²) in [7, 11) is 0. The summed E-state index contributed by atoms with van der Waals surface area (Å²) in [5, 5.41) is 8.34. The highest BCUT2D eigenvalue weighted by Crippen LogP contribution is 2.05. The fourth-order valence-corrected chi connectivity index (χ4v) is 0.887. The Bertz CT molecular complexity index is 140. The van der Waals surface area contributed by atoms with E-state index in [2.05, 4.69) is 25.3 Å². The normalized spacial score (nSPS) is 10.5. The number of ether oxygens (including phenoxy) is 2. The van der Waals surface area contributed by atoms with Gasteiger partial charge in [-0.2, -0.15) is 25.3 Å². The standard InChI is InChI=1S/C7H14O4S2/c8-1-2-10-3-4-11-6(9)5-7(12)13/h7-8,12-13H,1-5H2. The number of aliphatic hydroxyl groups excluding tert-OH is 1. The number of esters is 1. The molecule has 13 heavy (non-hydrogen) atoms. The largest absolute Gasteiger partial charge is 0.463 e. The van der Waals surface area contributed by atoms with Crippen LogP contribution in [0.15, 0.2) is 0 Å². The van der Waals surface area contributed by atoms with E-state index in [0.717, 1.165) is 0 Å². The molecular formula is C7H14O4S2. The maximum absolute atomic E-state index is 10.9. The van der Waals surface area contributed by atoms with Crippen molar-refractivity contribution >= 4 is 31.2 Å². The van der Waals surface area contributed by atoms with Crippen LogP contribution in [0.5, 0.6) is 0 Å². The van der Waals surface area contributed by atoms with Crippen molar-refractivity contribution in [3.05, 3.63) is 0 Å². The Morgan fingerprint density at radius 1 is 1.31 bits per heavy atom. The molecule has 6 heteroatoms. The highest BCUT2D eigenvalue weighted by molar-refractivity contribution is 7.99. The lowest BCUT2D eigenvalue weighted by atomic mass is 10.5. The first-order valence-corrected chi connectivity index (χ1v) is 4.90. The van der Waals surface area contributed by atoms with Crippen LogP contribution in [0, 0.1) is 0 Å². The minimum Gasteiger partial charge on any atom is -0.463 e. The topological polar surface area (TPSA) is 55.8 Å². The van der Waals surface area contributed by atoms with E-state index in [9.17, 15) is 4.79 Å². The molecule has 0 unspecified atom stereocenters. The molecule has 0 atom stereocenters. The van der Waals surface area contributed by atoms with Gasteiger partial charge in [0.25, 0.3) is 0 Å². The van der Waals surface area contributed by atoms with Gasteiger partial charge in [-0.3, -0.25) is 4.79 Å². The van der Waals surface area contributed by atoms with Crippen LogP contribution >= 0.6 is 25.3 Å². The molecule has 1 N–H and O–H groups in total. The van der Waals surface area contributed by atoms with Crippen LogP contribution in [0.25, 0.3) is 0 Å². The van der Waals surface area contributed by atoms with Crippen LogP contribution in [-0.2, 0) is 14.3 Å². The van der Waals surface area contributed by atoms with Gasteiger partial charge in [-0.1, -0.05) is 0 Å². The fourth-order valence-electron chi connectivity index (χ4n) is 0.589. The summed E-state index contributed by atoms with van der Waals surface area (Å²) in [5.41, 5.74) is 0. The van der Waals surface area contributed by atoms with Crippen molar-refractivity contribution in [3.8, 4) is 0 Å². The molecule has 0 rings (SSSR count). The Hall–Kier alpha value is 0.0900. The summed E-state index contributed by atoms with van der Waals surface area (Å²) >= 11 is 7.83. The molecule has 0 spiro atoms. The van der Waals surface area contributed by atoms with E-state index in [1.807, 2.05) is 0 Å². The molecule has 0 radical (unpaired) electrons. The minimum absolute atomic E-state index is 0.0245. The maximum Gasteiger partial charge on any atom is 0.307 e. The molecular weight excluding hydrogens is 212 g/mol. The zero-order chi connectivity index (χ0) is 10.1. The van der Waals surface area contributed by atoms with E-state index in [1.165, 1.54) is 0 Å². The van der Waals surface area contributed by atoms with Crippen molar-refractivity contribution in [2.45, 2.75) is 11.0 Å². The maximum atomic E-state index is 10.9. The zero-order valence-corrected chi connectivity index (χ0v) is 8.97. The van der Waals surface area contributed by atoms with Gasteiger partial charge in [0, 0.05) is 0 Å². The molecule has 0 bridgehead atoms. The zero-order valence-electron chi connectivity index (χ0n) is 7.18. The molecule has 0 heterocycles. The van der Waals surface area contributed by atoms with Crippen molar-refractivity contribution < 1.29 is 19.4 Å². The summed E-state index contributed by atoms with van der Waals surface area (Å²) in [4.78, 5) is 10.9. The van der Waals surface area contributed by atoms with Gasteiger partial charge in [0.1, 0.15) is 6.61 Å². The van der Waals surface area contributed by atoms with E-state index >= 15 is 0 Å². The number of hydrogen-bond donors (Lipinski definition) is 3. The van der Waals surface area contributed by atoms with Gasteiger partial charge in [-0.05, 0) is 0 Å². The van der Waals surface area contributed by atoms with E-state index in [0.29, 0.717) is 6.61 Å². The monoisotopic (exact) mass is 226 g/mol. The molecule has 0 aromatic carbocycles. The molecule has 4 nitrogen and oxygen atoms in total. The Kier molecular flexibility index (Phi) is 8.74. The van der Waals surface area contributed by atoms with Crippen LogP contribution in [0.4, 0.5) is 0 Å². The third-order valence-electron chi connectivity index (χ3n) is 1.08. The van der Waals surface area contributed by atoms with Gasteiger partial charge in [-0.25, -0.2) is 0 Å². The van der Waals surface area contributed by atoms with Crippen molar-refractivity contribution in [2.24, 2.45) is 0 Å². The van der Waals surface area contributed by atoms with Crippen molar-refractivity contribution in [1.82, 2.24) is 0 Å². The van der Waals surface area contributed by atoms with Crippen molar-refractivity contribution in [3.63, 3.8) is 0 Å². The second-order valence-corrected chi connectivity index (χ2v) is 3.90. The SMILES string of the molecule is O=C(CC(S)S)OCCOCCO.